The monoisotopic (exact) mass is 290 g/mol. The van der Waals surface area contributed by atoms with Gasteiger partial charge in [-0.05, 0) is 24.3 Å². The third kappa shape index (κ3) is 2.02. The number of hydrogen-bond acceptors (Lipinski definition) is 5. The molecular formula is C14H11ClN2O3. The van der Waals surface area contributed by atoms with E-state index in [1.165, 1.54) is 0 Å². The number of nitrogens with two attached hydrogens (primary N) is 1. The lowest BCUT2D eigenvalue weighted by Gasteiger charge is -2.08. The molecule has 3 aromatic rings. The van der Waals surface area contributed by atoms with Crippen LogP contribution in [0.2, 0.25) is 5.02 Å². The Morgan fingerprint density at radius 1 is 1.30 bits per heavy atom. The molecule has 1 aromatic carbocycles. The standard InChI is InChI=1S/C14H11ClN2O3/c1-18-11-3-2-9(15)6-10(11)12-13(17-20-14(12)16)8-4-5-19-7-8/h2-7H,16H2,1H3. The largest absolute Gasteiger partial charge is 0.496 e. The van der Waals surface area contributed by atoms with Gasteiger partial charge < -0.3 is 19.4 Å². The van der Waals surface area contributed by atoms with Crippen molar-refractivity contribution in [2.75, 3.05) is 12.8 Å². The van der Waals surface area contributed by atoms with Crippen molar-refractivity contribution in [2.24, 2.45) is 0 Å². The van der Waals surface area contributed by atoms with Gasteiger partial charge in [-0.15, -0.1) is 0 Å². The molecule has 0 aliphatic carbocycles. The summed E-state index contributed by atoms with van der Waals surface area (Å²) in [5.74, 6) is 0.829. The fourth-order valence-electron chi connectivity index (χ4n) is 2.03. The second kappa shape index (κ2) is 4.94. The van der Waals surface area contributed by atoms with E-state index >= 15 is 0 Å². The number of hydrogen-bond donors (Lipinski definition) is 1. The van der Waals surface area contributed by atoms with Gasteiger partial charge in [0.1, 0.15) is 11.4 Å². The Hall–Kier alpha value is -2.40. The minimum atomic E-state index is 0.196. The quantitative estimate of drug-likeness (QED) is 0.793. The van der Waals surface area contributed by atoms with Gasteiger partial charge in [-0.1, -0.05) is 16.8 Å². The van der Waals surface area contributed by atoms with E-state index in [2.05, 4.69) is 5.16 Å². The Kier molecular flexibility index (Phi) is 3.12. The Morgan fingerprint density at radius 2 is 2.15 bits per heavy atom. The van der Waals surface area contributed by atoms with Crippen LogP contribution in [-0.2, 0) is 0 Å². The second-order valence-corrected chi connectivity index (χ2v) is 4.56. The summed E-state index contributed by atoms with van der Waals surface area (Å²) < 4.78 is 15.5. The van der Waals surface area contributed by atoms with E-state index in [0.717, 1.165) is 11.1 Å². The fourth-order valence-corrected chi connectivity index (χ4v) is 2.21. The number of aromatic nitrogens is 1. The molecule has 0 amide bonds. The number of benzene rings is 1. The summed E-state index contributed by atoms with van der Waals surface area (Å²) in [5.41, 5.74) is 8.59. The van der Waals surface area contributed by atoms with Gasteiger partial charge in [0.25, 0.3) is 0 Å². The van der Waals surface area contributed by atoms with Gasteiger partial charge in [0, 0.05) is 16.1 Å². The summed E-state index contributed by atoms with van der Waals surface area (Å²) in [6.45, 7) is 0. The van der Waals surface area contributed by atoms with Crippen molar-refractivity contribution in [3.8, 4) is 28.1 Å². The summed E-state index contributed by atoms with van der Waals surface area (Å²) in [6.07, 6.45) is 3.12. The number of ether oxygens (including phenoxy) is 1. The summed E-state index contributed by atoms with van der Waals surface area (Å²) >= 11 is 6.05. The number of nitrogens with zero attached hydrogens (tertiary/aromatic N) is 1. The minimum absolute atomic E-state index is 0.196. The lowest BCUT2D eigenvalue weighted by atomic mass is 10.0. The zero-order valence-corrected chi connectivity index (χ0v) is 11.3. The molecule has 2 heterocycles. The molecule has 0 aliphatic rings. The highest BCUT2D eigenvalue weighted by Crippen LogP contribution is 2.41. The molecule has 6 heteroatoms. The summed E-state index contributed by atoms with van der Waals surface area (Å²) in [7, 11) is 1.58. The zero-order chi connectivity index (χ0) is 14.1. The first-order valence-electron chi connectivity index (χ1n) is 5.82. The lowest BCUT2D eigenvalue weighted by molar-refractivity contribution is 0.416. The van der Waals surface area contributed by atoms with Crippen molar-refractivity contribution in [1.82, 2.24) is 5.16 Å². The van der Waals surface area contributed by atoms with E-state index in [-0.39, 0.29) is 5.88 Å². The smallest absolute Gasteiger partial charge is 0.230 e. The molecule has 0 fully saturated rings. The third-order valence-electron chi connectivity index (χ3n) is 2.94. The van der Waals surface area contributed by atoms with Crippen LogP contribution in [0, 0.1) is 0 Å². The molecule has 0 radical (unpaired) electrons. The van der Waals surface area contributed by atoms with Crippen LogP contribution in [0.5, 0.6) is 5.75 Å². The highest BCUT2D eigenvalue weighted by Gasteiger charge is 2.21. The SMILES string of the molecule is COc1ccc(Cl)cc1-c1c(-c2ccoc2)noc1N. The molecule has 102 valence electrons. The van der Waals surface area contributed by atoms with Crippen molar-refractivity contribution in [1.29, 1.82) is 0 Å². The lowest BCUT2D eigenvalue weighted by Crippen LogP contribution is -1.92. The number of methoxy groups -OCH3 is 1. The number of rotatable bonds is 3. The van der Waals surface area contributed by atoms with Crippen LogP contribution in [-0.4, -0.2) is 12.3 Å². The Balaban J connectivity index is 2.25. The van der Waals surface area contributed by atoms with Gasteiger partial charge >= 0.3 is 0 Å². The van der Waals surface area contributed by atoms with E-state index in [9.17, 15) is 0 Å². The molecule has 2 N–H and O–H groups in total. The van der Waals surface area contributed by atoms with Gasteiger partial charge in [-0.2, -0.15) is 0 Å². The Morgan fingerprint density at radius 3 is 2.85 bits per heavy atom. The van der Waals surface area contributed by atoms with Crippen LogP contribution in [0.25, 0.3) is 22.4 Å². The van der Waals surface area contributed by atoms with E-state index < -0.39 is 0 Å². The second-order valence-electron chi connectivity index (χ2n) is 4.13. The first kappa shape index (κ1) is 12.6. The summed E-state index contributed by atoms with van der Waals surface area (Å²) in [5, 5.41) is 4.55. The number of halogens is 1. The Labute approximate surface area is 119 Å². The van der Waals surface area contributed by atoms with Crippen LogP contribution in [0.4, 0.5) is 5.88 Å². The molecule has 2 aromatic heterocycles. The average molecular weight is 291 g/mol. The molecule has 0 atom stereocenters. The highest BCUT2D eigenvalue weighted by atomic mass is 35.5. The summed E-state index contributed by atoms with van der Waals surface area (Å²) in [6, 6.07) is 7.04. The van der Waals surface area contributed by atoms with Gasteiger partial charge in [0.05, 0.1) is 25.2 Å². The topological polar surface area (TPSA) is 74.4 Å². The van der Waals surface area contributed by atoms with Crippen molar-refractivity contribution >= 4 is 17.5 Å². The molecule has 0 aliphatic heterocycles. The maximum Gasteiger partial charge on any atom is 0.230 e. The van der Waals surface area contributed by atoms with Gasteiger partial charge in [-0.3, -0.25) is 0 Å². The highest BCUT2D eigenvalue weighted by molar-refractivity contribution is 6.31. The molecule has 0 saturated carbocycles. The minimum Gasteiger partial charge on any atom is -0.496 e. The van der Waals surface area contributed by atoms with E-state index in [1.807, 2.05) is 0 Å². The molecule has 3 rings (SSSR count). The summed E-state index contributed by atoms with van der Waals surface area (Å²) in [4.78, 5) is 0. The normalized spacial score (nSPS) is 10.7. The van der Waals surface area contributed by atoms with E-state index in [1.54, 1.807) is 43.9 Å². The van der Waals surface area contributed by atoms with Crippen molar-refractivity contribution in [3.63, 3.8) is 0 Å². The molecule has 0 saturated heterocycles. The van der Waals surface area contributed by atoms with Gasteiger partial charge in [-0.25, -0.2) is 0 Å². The fraction of sp³-hybridized carbons (Fsp3) is 0.0714. The van der Waals surface area contributed by atoms with Gasteiger partial charge in [0.2, 0.25) is 5.88 Å². The van der Waals surface area contributed by atoms with Crippen molar-refractivity contribution in [2.45, 2.75) is 0 Å². The molecule has 0 spiro atoms. The van der Waals surface area contributed by atoms with Gasteiger partial charge in [0.15, 0.2) is 0 Å². The molecule has 0 bridgehead atoms. The van der Waals surface area contributed by atoms with E-state index in [0.29, 0.717) is 22.0 Å². The predicted octanol–water partition coefficient (Wildman–Crippen LogP) is 3.85. The Bertz CT molecular complexity index is 735. The van der Waals surface area contributed by atoms with Crippen LogP contribution in [0.3, 0.4) is 0 Å². The van der Waals surface area contributed by atoms with Crippen LogP contribution in [0.15, 0.2) is 45.7 Å². The number of furan rings is 1. The molecule has 0 unspecified atom stereocenters. The van der Waals surface area contributed by atoms with Crippen LogP contribution < -0.4 is 10.5 Å². The first-order valence-corrected chi connectivity index (χ1v) is 6.20. The number of anilines is 1. The molecular weight excluding hydrogens is 280 g/mol. The number of nitrogen functional groups attached to an aromatic ring is 1. The maximum absolute atomic E-state index is 6.05. The van der Waals surface area contributed by atoms with Crippen LogP contribution >= 0.6 is 11.6 Å². The zero-order valence-electron chi connectivity index (χ0n) is 10.6. The van der Waals surface area contributed by atoms with Crippen LogP contribution in [0.1, 0.15) is 0 Å². The molecule has 5 nitrogen and oxygen atoms in total. The predicted molar refractivity (Wildman–Crippen MR) is 75.6 cm³/mol. The van der Waals surface area contributed by atoms with E-state index in [4.69, 9.17) is 31.0 Å². The first-order chi connectivity index (χ1) is 9.70. The van der Waals surface area contributed by atoms with Crippen molar-refractivity contribution in [3.05, 3.63) is 41.8 Å². The maximum atomic E-state index is 6.05. The third-order valence-corrected chi connectivity index (χ3v) is 3.18. The van der Waals surface area contributed by atoms with Crippen molar-refractivity contribution < 1.29 is 13.7 Å². The molecule has 20 heavy (non-hydrogen) atoms. The average Bonchev–Trinajstić information content (AvgIpc) is 3.07.